The molecule has 2 fully saturated rings. The number of hydrogen-bond donors (Lipinski definition) is 1. The highest BCUT2D eigenvalue weighted by molar-refractivity contribution is 7.19. The van der Waals surface area contributed by atoms with Crippen molar-refractivity contribution in [1.82, 2.24) is 19.8 Å². The number of anilines is 1. The highest BCUT2D eigenvalue weighted by atomic mass is 32.1. The number of fused-ring (bicyclic) bond motifs is 2. The lowest BCUT2D eigenvalue weighted by Crippen LogP contribution is -2.51. The number of nitrogens with one attached hydrogen (secondary N) is 1. The smallest absolute Gasteiger partial charge is 0.324 e. The zero-order chi connectivity index (χ0) is 24.0. The maximum absolute atomic E-state index is 13.1. The van der Waals surface area contributed by atoms with E-state index in [2.05, 4.69) is 16.4 Å². The van der Waals surface area contributed by atoms with Gasteiger partial charge in [0.25, 0.3) is 0 Å². The average molecular weight is 473 g/mol. The van der Waals surface area contributed by atoms with Crippen molar-refractivity contribution in [2.75, 3.05) is 18.4 Å². The van der Waals surface area contributed by atoms with Gasteiger partial charge < -0.3 is 9.80 Å². The summed E-state index contributed by atoms with van der Waals surface area (Å²) in [6.45, 7) is 6.59. The van der Waals surface area contributed by atoms with Gasteiger partial charge in [-0.25, -0.2) is 9.78 Å². The van der Waals surface area contributed by atoms with E-state index in [4.69, 9.17) is 4.98 Å². The minimum absolute atomic E-state index is 0.0330. The van der Waals surface area contributed by atoms with Gasteiger partial charge in [-0.05, 0) is 50.1 Å². The molecule has 2 aliphatic heterocycles. The van der Waals surface area contributed by atoms with Crippen molar-refractivity contribution < 1.29 is 9.59 Å². The van der Waals surface area contributed by atoms with Crippen LogP contribution < -0.4 is 5.32 Å². The van der Waals surface area contributed by atoms with E-state index in [-0.39, 0.29) is 24.0 Å². The Bertz CT molecular complexity index is 1320. The predicted molar refractivity (Wildman–Crippen MR) is 130 cm³/mol. The van der Waals surface area contributed by atoms with E-state index in [9.17, 15) is 14.9 Å². The number of benzene rings is 1. The molecule has 9 heteroatoms. The summed E-state index contributed by atoms with van der Waals surface area (Å²) >= 11 is 1.41. The topological polar surface area (TPSA) is 102 Å². The van der Waals surface area contributed by atoms with Crippen molar-refractivity contribution in [3.63, 3.8) is 0 Å². The Morgan fingerprint density at radius 2 is 1.76 bits per heavy atom. The first-order chi connectivity index (χ1) is 16.3. The number of amides is 3. The molecule has 0 saturated carbocycles. The lowest BCUT2D eigenvalue weighted by atomic mass is 10.0. The average Bonchev–Trinajstić information content (AvgIpc) is 3.52. The van der Waals surface area contributed by atoms with E-state index in [0.29, 0.717) is 29.5 Å². The number of carbonyl (C=O) groups excluding carboxylic acids is 2. The number of pyridine rings is 1. The number of piperazine rings is 1. The van der Waals surface area contributed by atoms with Crippen molar-refractivity contribution in [2.24, 2.45) is 0 Å². The lowest BCUT2D eigenvalue weighted by Gasteiger charge is -2.33. The molecule has 0 aliphatic carbocycles. The number of nitrogens with zero attached hydrogens (tertiary/aromatic N) is 5. The number of aromatic nitrogens is 2. The predicted octanol–water partition coefficient (Wildman–Crippen LogP) is 4.20. The van der Waals surface area contributed by atoms with Crippen LogP contribution in [0.25, 0.3) is 21.7 Å². The number of rotatable bonds is 3. The van der Waals surface area contributed by atoms with Crippen molar-refractivity contribution in [3.05, 3.63) is 53.3 Å². The maximum atomic E-state index is 13.1. The van der Waals surface area contributed by atoms with Gasteiger partial charge in [0.1, 0.15) is 0 Å². The van der Waals surface area contributed by atoms with Gasteiger partial charge in [-0.3, -0.25) is 15.1 Å². The molecule has 2 aliphatic rings. The summed E-state index contributed by atoms with van der Waals surface area (Å²) in [5.41, 5.74) is 4.84. The van der Waals surface area contributed by atoms with Crippen LogP contribution in [0.3, 0.4) is 0 Å². The van der Waals surface area contributed by atoms with E-state index in [1.54, 1.807) is 19.1 Å². The maximum Gasteiger partial charge on any atom is 0.324 e. The molecule has 0 unspecified atom stereocenters. The zero-order valence-electron chi connectivity index (χ0n) is 19.2. The Kier molecular flexibility index (Phi) is 5.54. The second kappa shape index (κ2) is 8.54. The molecule has 1 N–H and O–H groups in total. The van der Waals surface area contributed by atoms with Crippen LogP contribution in [0, 0.1) is 25.2 Å². The Hall–Kier alpha value is -3.77. The van der Waals surface area contributed by atoms with E-state index >= 15 is 0 Å². The van der Waals surface area contributed by atoms with Gasteiger partial charge in [-0.1, -0.05) is 23.5 Å². The quantitative estimate of drug-likeness (QED) is 0.616. The van der Waals surface area contributed by atoms with Gasteiger partial charge >= 0.3 is 6.03 Å². The van der Waals surface area contributed by atoms with Gasteiger partial charge in [0.05, 0.1) is 34.3 Å². The number of hydrogen-bond acceptors (Lipinski definition) is 6. The molecule has 2 bridgehead atoms. The Morgan fingerprint density at radius 3 is 2.41 bits per heavy atom. The van der Waals surface area contributed by atoms with Crippen molar-refractivity contribution in [1.29, 1.82) is 5.26 Å². The van der Waals surface area contributed by atoms with Crippen molar-refractivity contribution in [3.8, 4) is 27.8 Å². The van der Waals surface area contributed by atoms with Crippen LogP contribution >= 0.6 is 11.3 Å². The van der Waals surface area contributed by atoms with Crippen molar-refractivity contribution >= 4 is 28.4 Å². The van der Waals surface area contributed by atoms with E-state index in [1.807, 2.05) is 47.9 Å². The molecule has 172 valence electrons. The molecule has 3 amide bonds. The first-order valence-electron chi connectivity index (χ1n) is 11.1. The second-order valence-electron chi connectivity index (χ2n) is 8.83. The molecule has 2 saturated heterocycles. The van der Waals surface area contributed by atoms with Crippen LogP contribution in [0.15, 0.2) is 36.4 Å². The van der Waals surface area contributed by atoms with Gasteiger partial charge in [-0.15, -0.1) is 0 Å². The van der Waals surface area contributed by atoms with Crippen molar-refractivity contribution in [2.45, 2.75) is 39.3 Å². The summed E-state index contributed by atoms with van der Waals surface area (Å²) in [4.78, 5) is 38.7. The number of aryl methyl sites for hydroxylation is 2. The fourth-order valence-electron chi connectivity index (χ4n) is 4.93. The standard InChI is InChI=1S/C25H24N6O2S/c1-14-7-19(8-15(2)27-14)23-22(18-6-4-5-17(9-18)11-26)28-24(34-23)29-25(33)31-13-20-10-21(31)12-30(20)16(3)32/h4-9,20-21H,10,12-13H2,1-3H3,(H,28,29,33)/t20-,21-/m1/s1. The monoisotopic (exact) mass is 472 g/mol. The van der Waals surface area contributed by atoms with Gasteiger partial charge in [0.15, 0.2) is 5.13 Å². The molecule has 2 atom stereocenters. The molecule has 0 spiro atoms. The molecule has 3 aromatic rings. The summed E-state index contributed by atoms with van der Waals surface area (Å²) in [6.07, 6.45) is 0.817. The Balaban J connectivity index is 1.47. The summed E-state index contributed by atoms with van der Waals surface area (Å²) in [5.74, 6) is 0.0595. The Labute approximate surface area is 201 Å². The first kappa shape index (κ1) is 22.0. The van der Waals surface area contributed by atoms with Crippen LogP contribution in [0.1, 0.15) is 30.3 Å². The summed E-state index contributed by atoms with van der Waals surface area (Å²) in [7, 11) is 0. The van der Waals surface area contributed by atoms with E-state index < -0.39 is 0 Å². The van der Waals surface area contributed by atoms with Gasteiger partial charge in [-0.2, -0.15) is 5.26 Å². The number of carbonyl (C=O) groups is 2. The fraction of sp³-hybridized carbons (Fsp3) is 0.320. The first-order valence-corrected chi connectivity index (χ1v) is 12.0. The minimum Gasteiger partial charge on any atom is -0.336 e. The fourth-order valence-corrected chi connectivity index (χ4v) is 5.90. The highest BCUT2D eigenvalue weighted by Crippen LogP contribution is 2.40. The second-order valence-corrected chi connectivity index (χ2v) is 9.82. The molecule has 1 aromatic carbocycles. The number of thiazole rings is 1. The third kappa shape index (κ3) is 4.01. The number of nitriles is 1. The molecular formula is C25H24N6O2S. The summed E-state index contributed by atoms with van der Waals surface area (Å²) in [6, 6.07) is 13.4. The van der Waals surface area contributed by atoms with E-state index in [1.165, 1.54) is 11.3 Å². The SMILES string of the molecule is CC(=O)N1C[C@H]2C[C@@H]1CN2C(=O)Nc1nc(-c2cccc(C#N)c2)c(-c2cc(C)nc(C)c2)s1. The van der Waals surface area contributed by atoms with E-state index in [0.717, 1.165) is 33.8 Å². The largest absolute Gasteiger partial charge is 0.336 e. The molecule has 2 aromatic heterocycles. The molecular weight excluding hydrogens is 448 g/mol. The zero-order valence-corrected chi connectivity index (χ0v) is 20.0. The molecule has 4 heterocycles. The van der Waals surface area contributed by atoms with Crippen LogP contribution in [-0.4, -0.2) is 56.9 Å². The lowest BCUT2D eigenvalue weighted by molar-refractivity contribution is -0.130. The summed E-state index contributed by atoms with van der Waals surface area (Å²) in [5, 5.41) is 12.8. The molecule has 8 nitrogen and oxygen atoms in total. The third-order valence-electron chi connectivity index (χ3n) is 6.36. The van der Waals surface area contributed by atoms with Crippen LogP contribution in [-0.2, 0) is 4.79 Å². The molecule has 5 rings (SSSR count). The third-order valence-corrected chi connectivity index (χ3v) is 7.38. The van der Waals surface area contributed by atoms with Crippen LogP contribution in [0.2, 0.25) is 0 Å². The Morgan fingerprint density at radius 1 is 1.06 bits per heavy atom. The highest BCUT2D eigenvalue weighted by Gasteiger charge is 2.46. The summed E-state index contributed by atoms with van der Waals surface area (Å²) < 4.78 is 0. The number of urea groups is 1. The molecule has 34 heavy (non-hydrogen) atoms. The molecule has 0 radical (unpaired) electrons. The number of likely N-dealkylation sites (tertiary alicyclic amines) is 2. The normalized spacial score (nSPS) is 18.8. The minimum atomic E-state index is -0.199. The van der Waals surface area contributed by atoms with Gasteiger partial charge in [0.2, 0.25) is 5.91 Å². The van der Waals surface area contributed by atoms with Crippen LogP contribution in [0.4, 0.5) is 9.93 Å². The van der Waals surface area contributed by atoms with Gasteiger partial charge in [0, 0.05) is 37.0 Å². The van der Waals surface area contributed by atoms with Crippen LogP contribution in [0.5, 0.6) is 0 Å².